The SMILES string of the molecule is Cc1cccc(N2CCN(C(=O)Cn3cc(C(F)(F)F)cc(Cl)c3=O)CC2)c1. The molecular weight excluding hydrogens is 395 g/mol. The summed E-state index contributed by atoms with van der Waals surface area (Å²) in [6.07, 6.45) is -4.02. The Balaban J connectivity index is 1.68. The van der Waals surface area contributed by atoms with Gasteiger partial charge in [-0.3, -0.25) is 9.59 Å². The third-order valence-corrected chi connectivity index (χ3v) is 4.95. The average Bonchev–Trinajstić information content (AvgIpc) is 2.64. The molecule has 2 heterocycles. The van der Waals surface area contributed by atoms with Crippen LogP contribution in [0, 0.1) is 6.92 Å². The van der Waals surface area contributed by atoms with E-state index in [1.165, 1.54) is 0 Å². The molecule has 5 nitrogen and oxygen atoms in total. The van der Waals surface area contributed by atoms with Gasteiger partial charge >= 0.3 is 6.18 Å². The molecule has 1 fully saturated rings. The Hall–Kier alpha value is -2.48. The summed E-state index contributed by atoms with van der Waals surface area (Å²) >= 11 is 5.63. The first kappa shape index (κ1) is 20.3. The van der Waals surface area contributed by atoms with Crippen molar-refractivity contribution in [3.63, 3.8) is 0 Å². The summed E-state index contributed by atoms with van der Waals surface area (Å²) in [6, 6.07) is 8.59. The second kappa shape index (κ2) is 7.87. The third kappa shape index (κ3) is 4.49. The van der Waals surface area contributed by atoms with Gasteiger partial charge in [-0.15, -0.1) is 0 Å². The number of pyridine rings is 1. The molecule has 0 radical (unpaired) electrons. The van der Waals surface area contributed by atoms with Crippen LogP contribution in [0.5, 0.6) is 0 Å². The minimum atomic E-state index is -4.65. The first-order valence-corrected chi connectivity index (χ1v) is 9.09. The van der Waals surface area contributed by atoms with E-state index in [0.717, 1.165) is 15.8 Å². The van der Waals surface area contributed by atoms with Crippen molar-refractivity contribution in [3.05, 3.63) is 63.0 Å². The zero-order valence-electron chi connectivity index (χ0n) is 15.2. The van der Waals surface area contributed by atoms with Crippen molar-refractivity contribution in [2.24, 2.45) is 0 Å². The molecule has 0 N–H and O–H groups in total. The van der Waals surface area contributed by atoms with Gasteiger partial charge in [0.2, 0.25) is 5.91 Å². The minimum absolute atomic E-state index is 0.415. The molecule has 0 aliphatic carbocycles. The molecule has 3 rings (SSSR count). The van der Waals surface area contributed by atoms with Crippen LogP contribution in [0.2, 0.25) is 5.02 Å². The Morgan fingerprint density at radius 2 is 1.82 bits per heavy atom. The lowest BCUT2D eigenvalue weighted by Gasteiger charge is -2.36. The van der Waals surface area contributed by atoms with Gasteiger partial charge in [0, 0.05) is 38.1 Å². The Morgan fingerprint density at radius 3 is 2.43 bits per heavy atom. The summed E-state index contributed by atoms with van der Waals surface area (Å²) in [5.41, 5.74) is 0.320. The maximum atomic E-state index is 12.9. The van der Waals surface area contributed by atoms with Crippen molar-refractivity contribution in [1.82, 2.24) is 9.47 Å². The predicted octanol–water partition coefficient (Wildman–Crippen LogP) is 3.18. The monoisotopic (exact) mass is 413 g/mol. The van der Waals surface area contributed by atoms with Crippen LogP contribution in [0.3, 0.4) is 0 Å². The lowest BCUT2D eigenvalue weighted by atomic mass is 10.2. The lowest BCUT2D eigenvalue weighted by Crippen LogP contribution is -2.50. The van der Waals surface area contributed by atoms with Crippen molar-refractivity contribution >= 4 is 23.2 Å². The van der Waals surface area contributed by atoms with E-state index in [2.05, 4.69) is 11.0 Å². The van der Waals surface area contributed by atoms with Crippen molar-refractivity contribution in [2.75, 3.05) is 31.1 Å². The van der Waals surface area contributed by atoms with Crippen LogP contribution in [0.1, 0.15) is 11.1 Å². The number of piperazine rings is 1. The summed E-state index contributed by atoms with van der Waals surface area (Å²) in [7, 11) is 0. The highest BCUT2D eigenvalue weighted by Gasteiger charge is 2.32. The number of carbonyl (C=O) groups excluding carboxylic acids is 1. The van der Waals surface area contributed by atoms with Crippen LogP contribution in [-0.4, -0.2) is 41.6 Å². The standard InChI is InChI=1S/C19H19ClF3N3O2/c1-13-3-2-4-15(9-13)24-5-7-25(8-6-24)17(27)12-26-11-14(19(21,22)23)10-16(20)18(26)28/h2-4,9-11H,5-8,12H2,1H3. The molecule has 1 saturated heterocycles. The fourth-order valence-corrected chi connectivity index (χ4v) is 3.38. The number of hydrogen-bond donors (Lipinski definition) is 0. The van der Waals surface area contributed by atoms with Crippen molar-refractivity contribution in [1.29, 1.82) is 0 Å². The highest BCUT2D eigenvalue weighted by molar-refractivity contribution is 6.30. The van der Waals surface area contributed by atoms with Crippen LogP contribution < -0.4 is 10.5 Å². The average molecular weight is 414 g/mol. The number of anilines is 1. The number of aryl methyl sites for hydroxylation is 1. The Bertz CT molecular complexity index is 935. The molecule has 1 aromatic heterocycles. The first-order valence-electron chi connectivity index (χ1n) is 8.72. The van der Waals surface area contributed by atoms with Gasteiger partial charge in [0.05, 0.1) is 5.56 Å². The molecular formula is C19H19ClF3N3O2. The molecule has 0 unspecified atom stereocenters. The van der Waals surface area contributed by atoms with Crippen molar-refractivity contribution in [2.45, 2.75) is 19.6 Å². The molecule has 0 bridgehead atoms. The minimum Gasteiger partial charge on any atom is -0.368 e. The zero-order chi connectivity index (χ0) is 20.5. The second-order valence-electron chi connectivity index (χ2n) is 6.71. The predicted molar refractivity (Wildman–Crippen MR) is 101 cm³/mol. The fraction of sp³-hybridized carbons (Fsp3) is 0.368. The normalized spacial score (nSPS) is 15.0. The molecule has 0 atom stereocenters. The zero-order valence-corrected chi connectivity index (χ0v) is 15.9. The van der Waals surface area contributed by atoms with Gasteiger partial charge in [0.1, 0.15) is 11.6 Å². The largest absolute Gasteiger partial charge is 0.417 e. The van der Waals surface area contributed by atoms with Crippen LogP contribution in [0.4, 0.5) is 18.9 Å². The maximum absolute atomic E-state index is 12.9. The van der Waals surface area contributed by atoms with Gasteiger partial charge in [-0.25, -0.2) is 0 Å². The smallest absolute Gasteiger partial charge is 0.368 e. The van der Waals surface area contributed by atoms with Crippen LogP contribution in [-0.2, 0) is 17.5 Å². The summed E-state index contributed by atoms with van der Waals surface area (Å²) in [5, 5.41) is -0.563. The van der Waals surface area contributed by atoms with Crippen molar-refractivity contribution in [3.8, 4) is 0 Å². The molecule has 1 amide bonds. The molecule has 0 saturated carbocycles. The highest BCUT2D eigenvalue weighted by atomic mass is 35.5. The number of hydrogen-bond acceptors (Lipinski definition) is 3. The number of aromatic nitrogens is 1. The Kier molecular flexibility index (Phi) is 5.69. The van der Waals surface area contributed by atoms with Crippen LogP contribution >= 0.6 is 11.6 Å². The maximum Gasteiger partial charge on any atom is 0.417 e. The molecule has 0 spiro atoms. The fourth-order valence-electron chi connectivity index (χ4n) is 3.16. The topological polar surface area (TPSA) is 45.5 Å². The van der Waals surface area contributed by atoms with Crippen molar-refractivity contribution < 1.29 is 18.0 Å². The van der Waals surface area contributed by atoms with E-state index in [1.807, 2.05) is 25.1 Å². The number of benzene rings is 1. The number of halogens is 4. The number of nitrogens with zero attached hydrogens (tertiary/aromatic N) is 3. The summed E-state index contributed by atoms with van der Waals surface area (Å²) in [4.78, 5) is 28.2. The molecule has 150 valence electrons. The van der Waals surface area contributed by atoms with Gasteiger partial charge in [0.25, 0.3) is 5.56 Å². The molecule has 1 aliphatic heterocycles. The van der Waals surface area contributed by atoms with Crippen LogP contribution in [0.15, 0.2) is 41.3 Å². The molecule has 2 aromatic rings. The Labute approximate surface area is 164 Å². The van der Waals surface area contributed by atoms with E-state index in [-0.39, 0.29) is 0 Å². The highest BCUT2D eigenvalue weighted by Crippen LogP contribution is 2.29. The number of alkyl halides is 3. The van der Waals surface area contributed by atoms with E-state index in [0.29, 0.717) is 38.4 Å². The van der Waals surface area contributed by atoms with E-state index in [1.54, 1.807) is 4.90 Å². The summed E-state index contributed by atoms with van der Waals surface area (Å²) in [5.74, 6) is -0.415. The quantitative estimate of drug-likeness (QED) is 0.776. The molecule has 1 aliphatic rings. The molecule has 9 heteroatoms. The molecule has 1 aromatic carbocycles. The first-order chi connectivity index (χ1) is 13.1. The third-order valence-electron chi connectivity index (χ3n) is 4.67. The number of amides is 1. The lowest BCUT2D eigenvalue weighted by molar-refractivity contribution is -0.138. The van der Waals surface area contributed by atoms with Gasteiger partial charge in [-0.05, 0) is 30.7 Å². The number of carbonyl (C=O) groups is 1. The second-order valence-corrected chi connectivity index (χ2v) is 7.12. The summed E-state index contributed by atoms with van der Waals surface area (Å²) < 4.78 is 39.5. The van der Waals surface area contributed by atoms with Gasteiger partial charge < -0.3 is 14.4 Å². The molecule has 28 heavy (non-hydrogen) atoms. The van der Waals surface area contributed by atoms with E-state index in [4.69, 9.17) is 11.6 Å². The van der Waals surface area contributed by atoms with E-state index >= 15 is 0 Å². The summed E-state index contributed by atoms with van der Waals surface area (Å²) in [6.45, 7) is 3.58. The van der Waals surface area contributed by atoms with Gasteiger partial charge in [0.15, 0.2) is 0 Å². The van der Waals surface area contributed by atoms with Gasteiger partial charge in [-0.2, -0.15) is 13.2 Å². The number of rotatable bonds is 3. The van der Waals surface area contributed by atoms with Crippen LogP contribution in [0.25, 0.3) is 0 Å². The van der Waals surface area contributed by atoms with E-state index < -0.39 is 34.8 Å². The Morgan fingerprint density at radius 1 is 1.14 bits per heavy atom. The van der Waals surface area contributed by atoms with Gasteiger partial charge in [-0.1, -0.05) is 23.7 Å². The van der Waals surface area contributed by atoms with E-state index in [9.17, 15) is 22.8 Å².